The monoisotopic (exact) mass is 323 g/mol. The Hall–Kier alpha value is -1.09. The topological polar surface area (TPSA) is 38.3 Å². The van der Waals surface area contributed by atoms with E-state index in [1.807, 2.05) is 0 Å². The summed E-state index contributed by atoms with van der Waals surface area (Å²) < 4.78 is 0. The molecule has 23 heavy (non-hydrogen) atoms. The van der Waals surface area contributed by atoms with E-state index in [1.165, 1.54) is 71.1 Å². The molecule has 134 valence electrons. The summed E-state index contributed by atoms with van der Waals surface area (Å²) in [6.07, 6.45) is 24.1. The van der Waals surface area contributed by atoms with Crippen LogP contribution in [0.2, 0.25) is 0 Å². The molecule has 0 radical (unpaired) electrons. The maximum atomic E-state index is 10.6. The molecule has 0 aromatic rings. The largest absolute Gasteiger partial charge is 0.274 e. The van der Waals surface area contributed by atoms with Crippen LogP contribution >= 0.6 is 0 Å². The average Bonchev–Trinajstić information content (AvgIpc) is 2.53. The fourth-order valence-corrected chi connectivity index (χ4v) is 2.32. The Morgan fingerprint density at radius 1 is 0.826 bits per heavy atom. The second kappa shape index (κ2) is 19.0. The third-order valence-electron chi connectivity index (χ3n) is 3.66. The van der Waals surface area contributed by atoms with Crippen LogP contribution in [-0.2, 0) is 9.63 Å². The summed E-state index contributed by atoms with van der Waals surface area (Å²) in [5, 5.41) is 0. The lowest BCUT2D eigenvalue weighted by atomic mass is 10.1. The molecule has 0 aliphatic heterocycles. The van der Waals surface area contributed by atoms with Crippen LogP contribution < -0.4 is 5.48 Å². The number of hydroxylamine groups is 1. The van der Waals surface area contributed by atoms with Gasteiger partial charge in [-0.05, 0) is 38.5 Å². The highest BCUT2D eigenvalue weighted by atomic mass is 16.6. The van der Waals surface area contributed by atoms with Crippen LogP contribution in [0.4, 0.5) is 0 Å². The Kier molecular flexibility index (Phi) is 18.1. The van der Waals surface area contributed by atoms with Crippen LogP contribution in [-0.4, -0.2) is 12.5 Å². The zero-order valence-corrected chi connectivity index (χ0v) is 15.3. The van der Waals surface area contributed by atoms with E-state index in [1.54, 1.807) is 0 Å². The molecule has 0 saturated heterocycles. The summed E-state index contributed by atoms with van der Waals surface area (Å²) >= 11 is 0. The van der Waals surface area contributed by atoms with E-state index in [0.717, 1.165) is 12.8 Å². The lowest BCUT2D eigenvalue weighted by Gasteiger charge is -2.03. The normalized spacial score (nSPS) is 11.6. The highest BCUT2D eigenvalue weighted by molar-refractivity contribution is 5.71. The molecule has 3 nitrogen and oxygen atoms in total. The van der Waals surface area contributed by atoms with Gasteiger partial charge in [0.25, 0.3) is 0 Å². The minimum atomic E-state index is -0.134. The number of unbranched alkanes of at least 4 members (excludes halogenated alkanes) is 9. The zero-order chi connectivity index (χ0) is 17.0. The summed E-state index contributed by atoms with van der Waals surface area (Å²) in [6.45, 7) is 4.32. The quantitative estimate of drug-likeness (QED) is 0.219. The molecule has 0 unspecified atom stereocenters. The number of amides is 1. The predicted molar refractivity (Wildman–Crippen MR) is 99.1 cm³/mol. The van der Waals surface area contributed by atoms with Gasteiger partial charge in [-0.3, -0.25) is 9.63 Å². The van der Waals surface area contributed by atoms with Gasteiger partial charge in [-0.15, -0.1) is 0 Å². The molecule has 0 aromatic carbocycles. The van der Waals surface area contributed by atoms with Gasteiger partial charge in [-0.1, -0.05) is 69.8 Å². The predicted octanol–water partition coefficient (Wildman–Crippen LogP) is 5.87. The molecular weight excluding hydrogens is 286 g/mol. The second-order valence-corrected chi connectivity index (χ2v) is 6.09. The van der Waals surface area contributed by atoms with Crippen molar-refractivity contribution in [3.63, 3.8) is 0 Å². The number of allylic oxidation sites excluding steroid dienone is 4. The molecule has 0 bridgehead atoms. The lowest BCUT2D eigenvalue weighted by molar-refractivity contribution is -0.131. The molecule has 0 aliphatic rings. The first kappa shape index (κ1) is 21.9. The maximum absolute atomic E-state index is 10.6. The first-order chi connectivity index (χ1) is 11.3. The first-order valence-corrected chi connectivity index (χ1v) is 9.45. The smallest absolute Gasteiger partial charge is 0.240 e. The Balaban J connectivity index is 3.14. The van der Waals surface area contributed by atoms with Crippen LogP contribution in [0.1, 0.15) is 90.9 Å². The van der Waals surface area contributed by atoms with E-state index in [0.29, 0.717) is 6.61 Å². The van der Waals surface area contributed by atoms with Crippen LogP contribution in [0.3, 0.4) is 0 Å². The minimum absolute atomic E-state index is 0.134. The van der Waals surface area contributed by atoms with Crippen molar-refractivity contribution in [1.82, 2.24) is 5.48 Å². The fourth-order valence-electron chi connectivity index (χ4n) is 2.32. The standard InChI is InChI=1S/C20H37NO2/c1-3-4-5-6-7-8-9-10-11-12-13-14-15-16-17-18-19-23-21-20(2)22/h7-8,10-11H,3-6,9,12-19H2,1-2H3,(H,21,22)/b8-7-,11-10-. The Morgan fingerprint density at radius 2 is 1.39 bits per heavy atom. The minimum Gasteiger partial charge on any atom is -0.274 e. The van der Waals surface area contributed by atoms with Crippen molar-refractivity contribution in [3.8, 4) is 0 Å². The summed E-state index contributed by atoms with van der Waals surface area (Å²) in [5.74, 6) is -0.134. The molecular formula is C20H37NO2. The van der Waals surface area contributed by atoms with Gasteiger partial charge in [-0.25, -0.2) is 5.48 Å². The van der Waals surface area contributed by atoms with E-state index in [-0.39, 0.29) is 5.91 Å². The van der Waals surface area contributed by atoms with E-state index in [4.69, 9.17) is 4.84 Å². The molecule has 3 heteroatoms. The second-order valence-electron chi connectivity index (χ2n) is 6.09. The Bertz CT molecular complexity index is 311. The molecule has 0 fully saturated rings. The number of hydrogen-bond donors (Lipinski definition) is 1. The number of rotatable bonds is 16. The molecule has 0 spiro atoms. The van der Waals surface area contributed by atoms with Crippen molar-refractivity contribution in [3.05, 3.63) is 24.3 Å². The van der Waals surface area contributed by atoms with Crippen molar-refractivity contribution in [1.29, 1.82) is 0 Å². The maximum Gasteiger partial charge on any atom is 0.240 e. The van der Waals surface area contributed by atoms with Crippen LogP contribution in [0, 0.1) is 0 Å². The third kappa shape index (κ3) is 20.9. The number of nitrogens with one attached hydrogen (secondary N) is 1. The van der Waals surface area contributed by atoms with E-state index in [2.05, 4.69) is 36.7 Å². The van der Waals surface area contributed by atoms with Crippen molar-refractivity contribution < 1.29 is 9.63 Å². The highest BCUT2D eigenvalue weighted by Gasteiger charge is 1.93. The molecule has 1 amide bonds. The van der Waals surface area contributed by atoms with Crippen molar-refractivity contribution in [2.45, 2.75) is 90.9 Å². The molecule has 0 rings (SSSR count). The molecule has 1 N–H and O–H groups in total. The summed E-state index contributed by atoms with van der Waals surface area (Å²) in [4.78, 5) is 15.6. The van der Waals surface area contributed by atoms with Gasteiger partial charge < -0.3 is 0 Å². The van der Waals surface area contributed by atoms with Crippen molar-refractivity contribution >= 4 is 5.91 Å². The number of hydrogen-bond acceptors (Lipinski definition) is 2. The summed E-state index contributed by atoms with van der Waals surface area (Å²) in [5.41, 5.74) is 2.35. The first-order valence-electron chi connectivity index (χ1n) is 9.45. The molecule has 0 aromatic heterocycles. The third-order valence-corrected chi connectivity index (χ3v) is 3.66. The SMILES string of the molecule is CCCCC/C=C\C/C=C\CCCCCCCCONC(C)=O. The summed E-state index contributed by atoms with van der Waals surface area (Å²) in [6, 6.07) is 0. The highest BCUT2D eigenvalue weighted by Crippen LogP contribution is 2.08. The van der Waals surface area contributed by atoms with Crippen LogP contribution in [0.5, 0.6) is 0 Å². The van der Waals surface area contributed by atoms with Crippen LogP contribution in [0.15, 0.2) is 24.3 Å². The lowest BCUT2D eigenvalue weighted by Crippen LogP contribution is -2.20. The van der Waals surface area contributed by atoms with Gasteiger partial charge in [0.15, 0.2) is 0 Å². The Morgan fingerprint density at radius 3 is 2.00 bits per heavy atom. The van der Waals surface area contributed by atoms with Gasteiger partial charge in [0.05, 0.1) is 6.61 Å². The van der Waals surface area contributed by atoms with Crippen LogP contribution in [0.25, 0.3) is 0 Å². The molecule has 0 aliphatic carbocycles. The van der Waals surface area contributed by atoms with Gasteiger partial charge in [0, 0.05) is 6.92 Å². The van der Waals surface area contributed by atoms with E-state index in [9.17, 15) is 4.79 Å². The number of carbonyl (C=O) groups excluding carboxylic acids is 1. The summed E-state index contributed by atoms with van der Waals surface area (Å²) in [7, 11) is 0. The van der Waals surface area contributed by atoms with E-state index < -0.39 is 0 Å². The zero-order valence-electron chi connectivity index (χ0n) is 15.3. The number of carbonyl (C=O) groups is 1. The molecule has 0 heterocycles. The van der Waals surface area contributed by atoms with Gasteiger partial charge in [-0.2, -0.15) is 0 Å². The van der Waals surface area contributed by atoms with Gasteiger partial charge >= 0.3 is 0 Å². The van der Waals surface area contributed by atoms with Crippen molar-refractivity contribution in [2.75, 3.05) is 6.61 Å². The van der Waals surface area contributed by atoms with Gasteiger partial charge in [0.1, 0.15) is 0 Å². The molecule has 0 atom stereocenters. The molecule has 0 saturated carbocycles. The van der Waals surface area contributed by atoms with Crippen molar-refractivity contribution in [2.24, 2.45) is 0 Å². The van der Waals surface area contributed by atoms with E-state index >= 15 is 0 Å². The fraction of sp³-hybridized carbons (Fsp3) is 0.750. The average molecular weight is 324 g/mol. The Labute approximate surface area is 143 Å². The van der Waals surface area contributed by atoms with Gasteiger partial charge in [0.2, 0.25) is 5.91 Å².